The number of hydrogen-bond donors (Lipinski definition) is 2. The predicted molar refractivity (Wildman–Crippen MR) is 76.0 cm³/mol. The molecule has 0 fully saturated rings. The maximum absolute atomic E-state index is 6.10. The molecular weight excluding hydrogens is 269 g/mol. The van der Waals surface area contributed by atoms with Crippen LogP contribution in [0.25, 0.3) is 22.4 Å². The number of rotatable bonds is 1. The highest BCUT2D eigenvalue weighted by atomic mass is 35.5. The van der Waals surface area contributed by atoms with E-state index in [1.807, 2.05) is 24.3 Å². The molecule has 3 N–H and O–H groups in total. The van der Waals surface area contributed by atoms with Crippen molar-refractivity contribution in [1.82, 2.24) is 9.97 Å². The van der Waals surface area contributed by atoms with Gasteiger partial charge in [-0.1, -0.05) is 23.2 Å². The third-order valence-electron chi connectivity index (χ3n) is 2.69. The number of nitrogens with zero attached hydrogens (tertiary/aromatic N) is 1. The van der Waals surface area contributed by atoms with Gasteiger partial charge in [0.1, 0.15) is 11.3 Å². The number of nitrogens with one attached hydrogen (secondary N) is 1. The largest absolute Gasteiger partial charge is 0.399 e. The summed E-state index contributed by atoms with van der Waals surface area (Å²) in [6.07, 6.45) is 0. The Labute approximate surface area is 114 Å². The van der Waals surface area contributed by atoms with E-state index in [-0.39, 0.29) is 0 Å². The first-order chi connectivity index (χ1) is 8.63. The normalized spacial score (nSPS) is 11.0. The molecule has 0 saturated carbocycles. The second kappa shape index (κ2) is 4.19. The van der Waals surface area contributed by atoms with E-state index in [9.17, 15) is 0 Å². The maximum atomic E-state index is 6.10. The highest BCUT2D eigenvalue weighted by Gasteiger charge is 2.09. The zero-order chi connectivity index (χ0) is 12.7. The Morgan fingerprint density at radius 3 is 2.50 bits per heavy atom. The fraction of sp³-hybridized carbons (Fsp3) is 0. The lowest BCUT2D eigenvalue weighted by Crippen LogP contribution is -1.84. The molecule has 3 nitrogen and oxygen atoms in total. The van der Waals surface area contributed by atoms with Crippen LogP contribution in [0.5, 0.6) is 0 Å². The Morgan fingerprint density at radius 2 is 1.78 bits per heavy atom. The average molecular weight is 278 g/mol. The third-order valence-corrected chi connectivity index (χ3v) is 3.20. The molecular formula is C13H9Cl2N3. The number of benzene rings is 2. The van der Waals surface area contributed by atoms with E-state index < -0.39 is 0 Å². The van der Waals surface area contributed by atoms with Crippen LogP contribution in [0.4, 0.5) is 5.69 Å². The number of hydrogen-bond acceptors (Lipinski definition) is 2. The van der Waals surface area contributed by atoms with Crippen molar-refractivity contribution in [3.8, 4) is 11.4 Å². The summed E-state index contributed by atoms with van der Waals surface area (Å²) in [4.78, 5) is 7.66. The number of anilines is 1. The number of H-pyrrole nitrogens is 1. The molecule has 3 rings (SSSR count). The number of fused-ring (bicyclic) bond motifs is 1. The first-order valence-corrected chi connectivity index (χ1v) is 6.10. The SMILES string of the molecule is Nc1ccc(-c2nc3c(Cl)cc(Cl)cc3[nH]2)cc1. The highest BCUT2D eigenvalue weighted by Crippen LogP contribution is 2.29. The summed E-state index contributed by atoms with van der Waals surface area (Å²) in [5.74, 6) is 0.745. The fourth-order valence-corrected chi connectivity index (χ4v) is 2.36. The van der Waals surface area contributed by atoms with Crippen LogP contribution in [0.3, 0.4) is 0 Å². The van der Waals surface area contributed by atoms with Gasteiger partial charge in [-0.05, 0) is 36.4 Å². The Bertz CT molecular complexity index is 717. The van der Waals surface area contributed by atoms with E-state index in [0.717, 1.165) is 22.6 Å². The Hall–Kier alpha value is -1.71. The zero-order valence-electron chi connectivity index (χ0n) is 9.24. The van der Waals surface area contributed by atoms with Crippen LogP contribution < -0.4 is 5.73 Å². The highest BCUT2D eigenvalue weighted by molar-refractivity contribution is 6.38. The van der Waals surface area contributed by atoms with Gasteiger partial charge in [-0.15, -0.1) is 0 Å². The van der Waals surface area contributed by atoms with E-state index in [0.29, 0.717) is 15.6 Å². The molecule has 90 valence electrons. The second-order valence-corrected chi connectivity index (χ2v) is 4.83. The minimum absolute atomic E-state index is 0.537. The minimum Gasteiger partial charge on any atom is -0.399 e. The summed E-state index contributed by atoms with van der Waals surface area (Å²) in [5.41, 5.74) is 8.86. The van der Waals surface area contributed by atoms with Crippen molar-refractivity contribution in [3.63, 3.8) is 0 Å². The average Bonchev–Trinajstić information content (AvgIpc) is 2.74. The first-order valence-electron chi connectivity index (χ1n) is 5.34. The first kappa shape index (κ1) is 11.4. The van der Waals surface area contributed by atoms with Gasteiger partial charge in [-0.25, -0.2) is 4.98 Å². The molecule has 0 amide bonds. The molecule has 0 unspecified atom stereocenters. The van der Waals surface area contributed by atoms with E-state index in [4.69, 9.17) is 28.9 Å². The van der Waals surface area contributed by atoms with Crippen molar-refractivity contribution in [2.75, 3.05) is 5.73 Å². The van der Waals surface area contributed by atoms with E-state index in [1.54, 1.807) is 12.1 Å². The topological polar surface area (TPSA) is 54.7 Å². The lowest BCUT2D eigenvalue weighted by molar-refractivity contribution is 1.34. The molecule has 0 atom stereocenters. The number of aromatic amines is 1. The third kappa shape index (κ3) is 1.92. The number of aromatic nitrogens is 2. The lowest BCUT2D eigenvalue weighted by atomic mass is 10.2. The molecule has 18 heavy (non-hydrogen) atoms. The van der Waals surface area contributed by atoms with Gasteiger partial charge < -0.3 is 10.7 Å². The molecule has 0 aliphatic carbocycles. The van der Waals surface area contributed by atoms with Crippen LogP contribution in [0.2, 0.25) is 10.0 Å². The maximum Gasteiger partial charge on any atom is 0.138 e. The molecule has 0 spiro atoms. The van der Waals surface area contributed by atoms with Gasteiger partial charge in [0.2, 0.25) is 0 Å². The molecule has 1 aromatic heterocycles. The molecule has 1 heterocycles. The zero-order valence-corrected chi connectivity index (χ0v) is 10.8. The quantitative estimate of drug-likeness (QED) is 0.658. The van der Waals surface area contributed by atoms with Gasteiger partial charge >= 0.3 is 0 Å². The van der Waals surface area contributed by atoms with Crippen LogP contribution in [-0.4, -0.2) is 9.97 Å². The van der Waals surface area contributed by atoms with E-state index in [1.165, 1.54) is 0 Å². The van der Waals surface area contributed by atoms with Crippen molar-refractivity contribution >= 4 is 39.9 Å². The van der Waals surface area contributed by atoms with Gasteiger partial charge in [0, 0.05) is 16.3 Å². The van der Waals surface area contributed by atoms with Crippen LogP contribution in [-0.2, 0) is 0 Å². The summed E-state index contributed by atoms with van der Waals surface area (Å²) in [6.45, 7) is 0. The summed E-state index contributed by atoms with van der Waals surface area (Å²) in [6, 6.07) is 11.0. The van der Waals surface area contributed by atoms with Crippen molar-refractivity contribution < 1.29 is 0 Å². The Morgan fingerprint density at radius 1 is 1.06 bits per heavy atom. The number of imidazole rings is 1. The predicted octanol–water partition coefficient (Wildman–Crippen LogP) is 4.12. The molecule has 2 aromatic carbocycles. The molecule has 3 aromatic rings. The number of nitrogen functional groups attached to an aromatic ring is 1. The fourth-order valence-electron chi connectivity index (χ4n) is 1.82. The molecule has 0 saturated heterocycles. The van der Waals surface area contributed by atoms with Crippen LogP contribution in [0, 0.1) is 0 Å². The Balaban J connectivity index is 2.19. The van der Waals surface area contributed by atoms with Crippen molar-refractivity contribution in [2.45, 2.75) is 0 Å². The molecule has 0 aliphatic heterocycles. The summed E-state index contributed by atoms with van der Waals surface area (Å²) in [7, 11) is 0. The van der Waals surface area contributed by atoms with Crippen LogP contribution in [0.1, 0.15) is 0 Å². The molecule has 0 radical (unpaired) electrons. The minimum atomic E-state index is 0.537. The summed E-state index contributed by atoms with van der Waals surface area (Å²) >= 11 is 12.1. The lowest BCUT2D eigenvalue weighted by Gasteiger charge is -1.96. The van der Waals surface area contributed by atoms with Gasteiger partial charge in [-0.3, -0.25) is 0 Å². The van der Waals surface area contributed by atoms with Crippen LogP contribution >= 0.6 is 23.2 Å². The van der Waals surface area contributed by atoms with Gasteiger partial charge in [0.15, 0.2) is 0 Å². The standard InChI is InChI=1S/C13H9Cl2N3/c14-8-5-10(15)12-11(6-8)17-13(18-12)7-1-3-9(16)4-2-7/h1-6H,16H2,(H,17,18). The molecule has 5 heteroatoms. The van der Waals surface area contributed by atoms with Crippen molar-refractivity contribution in [3.05, 3.63) is 46.4 Å². The Kier molecular flexibility index (Phi) is 2.65. The van der Waals surface area contributed by atoms with Crippen LogP contribution in [0.15, 0.2) is 36.4 Å². The second-order valence-electron chi connectivity index (χ2n) is 3.99. The van der Waals surface area contributed by atoms with Gasteiger partial charge in [0.25, 0.3) is 0 Å². The van der Waals surface area contributed by atoms with E-state index >= 15 is 0 Å². The molecule has 0 bridgehead atoms. The van der Waals surface area contributed by atoms with E-state index in [2.05, 4.69) is 9.97 Å². The van der Waals surface area contributed by atoms with Crippen molar-refractivity contribution in [2.24, 2.45) is 0 Å². The summed E-state index contributed by atoms with van der Waals surface area (Å²) < 4.78 is 0. The summed E-state index contributed by atoms with van der Waals surface area (Å²) in [5, 5.41) is 1.12. The number of halogens is 2. The van der Waals surface area contributed by atoms with Crippen molar-refractivity contribution in [1.29, 1.82) is 0 Å². The van der Waals surface area contributed by atoms with Gasteiger partial charge in [-0.2, -0.15) is 0 Å². The number of nitrogens with two attached hydrogens (primary N) is 1. The smallest absolute Gasteiger partial charge is 0.138 e. The monoisotopic (exact) mass is 277 g/mol. The van der Waals surface area contributed by atoms with Gasteiger partial charge in [0.05, 0.1) is 10.5 Å². The molecule has 0 aliphatic rings.